The fourth-order valence-electron chi connectivity index (χ4n) is 8.74. The van der Waals surface area contributed by atoms with Crippen LogP contribution in [-0.2, 0) is 19.0 Å². The smallest absolute Gasteiger partial charge is 0.335 e. The van der Waals surface area contributed by atoms with Crippen LogP contribution in [0.25, 0.3) is 0 Å². The van der Waals surface area contributed by atoms with Crippen molar-refractivity contribution >= 4 is 23.4 Å². The minimum absolute atomic E-state index is 0.00862. The van der Waals surface area contributed by atoms with E-state index in [2.05, 4.69) is 0 Å². The summed E-state index contributed by atoms with van der Waals surface area (Å²) >= 11 is 1.27. The first-order chi connectivity index (χ1) is 27.8. The van der Waals surface area contributed by atoms with Crippen molar-refractivity contribution in [1.29, 1.82) is 0 Å². The summed E-state index contributed by atoms with van der Waals surface area (Å²) in [6.45, 7) is -0.491. The molecule has 316 valence electrons. The Bertz CT molecular complexity index is 1840. The second-order valence-electron chi connectivity index (χ2n) is 15.5. The molecule has 3 saturated heterocycles. The van der Waals surface area contributed by atoms with Gasteiger partial charge in [0.05, 0.1) is 30.1 Å². The summed E-state index contributed by atoms with van der Waals surface area (Å²) in [7, 11) is 0. The van der Waals surface area contributed by atoms with Crippen LogP contribution in [0.2, 0.25) is 0 Å². The number of phenols is 1. The number of para-hydroxylation sites is 1. The number of hydrogen-bond donors (Lipinski definition) is 10. The normalized spacial score (nSPS) is 37.2. The monoisotopic (exact) mass is 831 g/mol. The Morgan fingerprint density at radius 3 is 2.14 bits per heavy atom. The quantitative estimate of drug-likeness (QED) is 0.123. The van der Waals surface area contributed by atoms with E-state index >= 15 is 0 Å². The van der Waals surface area contributed by atoms with E-state index in [0.717, 1.165) is 5.56 Å². The van der Waals surface area contributed by atoms with Crippen molar-refractivity contribution in [3.05, 3.63) is 95.3 Å². The van der Waals surface area contributed by atoms with E-state index in [1.54, 1.807) is 11.0 Å². The molecule has 4 fully saturated rings. The van der Waals surface area contributed by atoms with Crippen molar-refractivity contribution in [2.45, 2.75) is 116 Å². The summed E-state index contributed by atoms with van der Waals surface area (Å²) in [5.74, 6) is -2.08. The van der Waals surface area contributed by atoms with Gasteiger partial charge in [-0.05, 0) is 79.0 Å². The van der Waals surface area contributed by atoms with Crippen molar-refractivity contribution in [2.24, 2.45) is 5.92 Å². The average molecular weight is 832 g/mol. The van der Waals surface area contributed by atoms with Crippen LogP contribution >= 0.6 is 11.8 Å². The molecule has 17 heteroatoms. The predicted octanol–water partition coefficient (Wildman–Crippen LogP) is 1.28. The first-order valence-electron chi connectivity index (χ1n) is 19.4. The molecule has 15 nitrogen and oxygen atoms in total. The third kappa shape index (κ3) is 8.46. The summed E-state index contributed by atoms with van der Waals surface area (Å²) in [6, 6.07) is 19.4. The Balaban J connectivity index is 1.09. The van der Waals surface area contributed by atoms with E-state index in [0.29, 0.717) is 42.5 Å². The van der Waals surface area contributed by atoms with Gasteiger partial charge in [-0.1, -0.05) is 42.5 Å². The van der Waals surface area contributed by atoms with E-state index in [1.807, 2.05) is 42.5 Å². The summed E-state index contributed by atoms with van der Waals surface area (Å²) in [6.07, 6.45) is -14.5. The van der Waals surface area contributed by atoms with Gasteiger partial charge in [0, 0.05) is 17.0 Å². The molecular weight excluding hydrogens is 782 g/mol. The summed E-state index contributed by atoms with van der Waals surface area (Å²) < 4.78 is 31.3. The fraction of sp³-hybridized carbons (Fsp3) is 0.537. The van der Waals surface area contributed by atoms with Crippen LogP contribution in [0.3, 0.4) is 0 Å². The molecule has 0 radical (unpaired) electrons. The van der Waals surface area contributed by atoms with Gasteiger partial charge in [0.15, 0.2) is 12.4 Å². The lowest BCUT2D eigenvalue weighted by Gasteiger charge is -2.54. The molecule has 14 atom stereocenters. The zero-order chi connectivity index (χ0) is 41.4. The van der Waals surface area contributed by atoms with Gasteiger partial charge < -0.3 is 70.2 Å². The van der Waals surface area contributed by atoms with Gasteiger partial charge in [0.2, 0.25) is 0 Å². The highest BCUT2D eigenvalue weighted by Gasteiger charge is 2.52. The van der Waals surface area contributed by atoms with Crippen LogP contribution in [0.1, 0.15) is 60.4 Å². The summed E-state index contributed by atoms with van der Waals surface area (Å²) in [5, 5.41) is 104. The second kappa shape index (κ2) is 18.0. The zero-order valence-corrected chi connectivity index (χ0v) is 32.1. The number of nitrogens with zero attached hydrogens (tertiary/aromatic N) is 1. The first-order valence-corrected chi connectivity index (χ1v) is 20.4. The van der Waals surface area contributed by atoms with Gasteiger partial charge >= 0.3 is 5.97 Å². The number of aliphatic carboxylic acids is 1. The Hall–Kier alpha value is -3.43. The van der Waals surface area contributed by atoms with Crippen LogP contribution < -0.4 is 4.90 Å². The molecule has 1 aliphatic carbocycles. The Morgan fingerprint density at radius 1 is 0.828 bits per heavy atom. The van der Waals surface area contributed by atoms with Crippen LogP contribution in [0.5, 0.6) is 5.75 Å². The van der Waals surface area contributed by atoms with Gasteiger partial charge in [-0.25, -0.2) is 9.18 Å². The number of carbonyl (C=O) groups is 1. The maximum absolute atomic E-state index is 14.0. The molecule has 3 aromatic carbocycles. The lowest BCUT2D eigenvalue weighted by molar-refractivity contribution is -0.303. The van der Waals surface area contributed by atoms with Crippen LogP contribution in [0, 0.1) is 11.7 Å². The Morgan fingerprint density at radius 2 is 1.50 bits per heavy atom. The molecule has 0 spiro atoms. The van der Waals surface area contributed by atoms with E-state index in [-0.39, 0.29) is 23.3 Å². The molecule has 4 aliphatic rings. The number of aliphatic hydroxyl groups excluding tert-OH is 8. The molecule has 58 heavy (non-hydrogen) atoms. The molecule has 0 bridgehead atoms. The maximum Gasteiger partial charge on any atom is 0.335 e. The van der Waals surface area contributed by atoms with Crippen molar-refractivity contribution in [2.75, 3.05) is 17.3 Å². The topological polar surface area (TPSA) is 250 Å². The lowest BCUT2D eigenvalue weighted by Crippen LogP contribution is -2.61. The number of anilines is 1. The second-order valence-corrected chi connectivity index (χ2v) is 16.7. The molecule has 10 N–H and O–H groups in total. The number of ether oxygens (including phenoxy) is 3. The molecule has 3 aromatic rings. The van der Waals surface area contributed by atoms with Crippen LogP contribution in [0.15, 0.2) is 72.8 Å². The molecule has 1 saturated carbocycles. The SMILES string of the molecule is O=C(O)C1O[C@@H](O[C@@H](CS[C@H]2C(O)N(c3ccccc3)[C@@H]2c2ccc(C3CCC(C4O[C@H](CO)[C@@H](O)[C@H](O)[C@H]4O)CC3)cc2O)c2ccc(F)cc2)C(O)[C@@H](O)[C@@H]1O. The number of halogens is 1. The molecule has 3 heterocycles. The van der Waals surface area contributed by atoms with Gasteiger partial charge in [-0.15, -0.1) is 11.8 Å². The highest BCUT2D eigenvalue weighted by Crippen LogP contribution is 2.51. The fourth-order valence-corrected chi connectivity index (χ4v) is 10.2. The Kier molecular flexibility index (Phi) is 13.3. The largest absolute Gasteiger partial charge is 0.508 e. The number of carboxylic acids is 1. The highest BCUT2D eigenvalue weighted by molar-refractivity contribution is 8.00. The van der Waals surface area contributed by atoms with E-state index < -0.39 is 103 Å². The maximum atomic E-state index is 14.0. The van der Waals surface area contributed by atoms with E-state index in [1.165, 1.54) is 36.0 Å². The molecular formula is C41H50FNO14S. The molecule has 7 rings (SSSR count). The van der Waals surface area contributed by atoms with Crippen molar-refractivity contribution in [3.63, 3.8) is 0 Å². The van der Waals surface area contributed by atoms with Gasteiger partial charge in [-0.2, -0.15) is 0 Å². The average Bonchev–Trinajstić information content (AvgIpc) is 3.22. The highest BCUT2D eigenvalue weighted by atomic mass is 32.2. The number of thioether (sulfide) groups is 1. The molecule has 4 unspecified atom stereocenters. The number of aromatic hydroxyl groups is 1. The first kappa shape index (κ1) is 42.7. The number of phenolic OH excluding ortho intramolecular Hbond substituents is 1. The molecule has 3 aliphatic heterocycles. The summed E-state index contributed by atoms with van der Waals surface area (Å²) in [4.78, 5) is 13.5. The van der Waals surface area contributed by atoms with Crippen molar-refractivity contribution in [3.8, 4) is 5.75 Å². The number of benzene rings is 3. The zero-order valence-electron chi connectivity index (χ0n) is 31.2. The van der Waals surface area contributed by atoms with Crippen molar-refractivity contribution < 1.29 is 74.5 Å². The van der Waals surface area contributed by atoms with Gasteiger partial charge in [-0.3, -0.25) is 0 Å². The number of carboxylic acid groups (broad SMARTS) is 1. The number of hydrogen-bond acceptors (Lipinski definition) is 15. The van der Waals surface area contributed by atoms with E-state index in [9.17, 15) is 60.3 Å². The van der Waals surface area contributed by atoms with Gasteiger partial charge in [0.25, 0.3) is 0 Å². The van der Waals surface area contributed by atoms with Crippen LogP contribution in [0.4, 0.5) is 10.1 Å². The lowest BCUT2D eigenvalue weighted by atomic mass is 9.74. The molecule has 0 amide bonds. The molecule has 0 aromatic heterocycles. The third-order valence-electron chi connectivity index (χ3n) is 12.0. The van der Waals surface area contributed by atoms with Gasteiger partial charge in [0.1, 0.15) is 60.5 Å². The van der Waals surface area contributed by atoms with Crippen LogP contribution in [-0.4, -0.2) is 142 Å². The third-order valence-corrected chi connectivity index (χ3v) is 13.4. The summed E-state index contributed by atoms with van der Waals surface area (Å²) in [5.41, 5.74) is 2.56. The number of rotatable bonds is 12. The minimum atomic E-state index is -1.92. The minimum Gasteiger partial charge on any atom is -0.508 e. The van der Waals surface area contributed by atoms with E-state index in [4.69, 9.17) is 14.2 Å². The standard InChI is InChI=1S/C41H50FNO14S/c42-23-13-10-20(11-14-23)28(56-41-35(51)32(48)34(50)37(57-41)40(53)54)18-58-38-29(43(39(38)52)24-4-2-1-3-5-24)25-15-12-22(16-26(25)45)19-6-8-21(9-7-19)36-33(49)31(47)30(46)27(17-44)55-36/h1-5,10-16,19,21,27-39,41,44-52H,6-9,17-18H2,(H,53,54)/t19?,21?,27-,28+,29-,30-,31+,32+,33-,34+,35?,36?,37?,38-,39?,41-/m1/s1. The number of aliphatic hydroxyl groups is 8. The van der Waals surface area contributed by atoms with Crippen molar-refractivity contribution in [1.82, 2.24) is 0 Å². The predicted molar refractivity (Wildman–Crippen MR) is 205 cm³/mol. The Labute approximate surface area is 337 Å².